The molecule has 0 aliphatic carbocycles. The van der Waals surface area contributed by atoms with Crippen LogP contribution in [0.3, 0.4) is 0 Å². The summed E-state index contributed by atoms with van der Waals surface area (Å²) >= 11 is 12.9. The monoisotopic (exact) mass is 364 g/mol. The highest BCUT2D eigenvalue weighted by Crippen LogP contribution is 2.38. The van der Waals surface area contributed by atoms with Crippen LogP contribution in [0.15, 0.2) is 10.5 Å². The standard InChI is InChI=1S/C12H14BrClN2S2/c1-4-15-10(9-5-8(13)11(14)18-9)12-16-6(2)7(3)17-12/h5,10,15H,4H2,1-3H3. The Morgan fingerprint density at radius 1 is 1.44 bits per heavy atom. The summed E-state index contributed by atoms with van der Waals surface area (Å²) in [4.78, 5) is 7.12. The van der Waals surface area contributed by atoms with Gasteiger partial charge in [-0.15, -0.1) is 22.7 Å². The van der Waals surface area contributed by atoms with E-state index in [0.29, 0.717) is 0 Å². The predicted molar refractivity (Wildman–Crippen MR) is 84.1 cm³/mol. The van der Waals surface area contributed by atoms with Gasteiger partial charge >= 0.3 is 0 Å². The summed E-state index contributed by atoms with van der Waals surface area (Å²) in [5, 5.41) is 4.58. The Bertz CT molecular complexity index is 465. The number of aryl methyl sites for hydroxylation is 2. The minimum absolute atomic E-state index is 0.140. The highest BCUT2D eigenvalue weighted by Gasteiger charge is 2.20. The fourth-order valence-corrected chi connectivity index (χ4v) is 4.55. The zero-order valence-corrected chi connectivity index (χ0v) is 14.4. The summed E-state index contributed by atoms with van der Waals surface area (Å²) in [5.74, 6) is 0. The molecule has 0 aliphatic heterocycles. The summed E-state index contributed by atoms with van der Waals surface area (Å²) in [5.41, 5.74) is 1.11. The molecule has 2 heterocycles. The molecule has 98 valence electrons. The first kappa shape index (κ1) is 14.5. The zero-order chi connectivity index (χ0) is 13.3. The number of hydrogen-bond donors (Lipinski definition) is 1. The molecule has 0 spiro atoms. The van der Waals surface area contributed by atoms with Gasteiger partial charge in [0.2, 0.25) is 0 Å². The van der Waals surface area contributed by atoms with Crippen LogP contribution in [0.1, 0.15) is 33.4 Å². The van der Waals surface area contributed by atoms with Gasteiger partial charge in [-0.25, -0.2) is 4.98 Å². The molecule has 1 N–H and O–H groups in total. The molecular formula is C12H14BrClN2S2. The number of rotatable bonds is 4. The van der Waals surface area contributed by atoms with Crippen molar-refractivity contribution in [1.82, 2.24) is 10.3 Å². The Hall–Kier alpha value is 0.0600. The molecule has 2 aromatic rings. The van der Waals surface area contributed by atoms with Gasteiger partial charge < -0.3 is 5.32 Å². The molecule has 0 saturated carbocycles. The third-order valence-electron chi connectivity index (χ3n) is 2.65. The Balaban J connectivity index is 2.39. The molecule has 0 aromatic carbocycles. The lowest BCUT2D eigenvalue weighted by Gasteiger charge is -2.13. The summed E-state index contributed by atoms with van der Waals surface area (Å²) < 4.78 is 1.75. The van der Waals surface area contributed by atoms with Crippen LogP contribution in [0.25, 0.3) is 0 Å². The molecule has 1 atom stereocenters. The number of halogens is 2. The summed E-state index contributed by atoms with van der Waals surface area (Å²) in [6, 6.07) is 2.22. The average molecular weight is 366 g/mol. The third-order valence-corrected chi connectivity index (χ3v) is 6.33. The number of hydrogen-bond acceptors (Lipinski definition) is 4. The molecular weight excluding hydrogens is 352 g/mol. The van der Waals surface area contributed by atoms with E-state index in [4.69, 9.17) is 11.6 Å². The minimum Gasteiger partial charge on any atom is -0.304 e. The Labute approximate surface area is 129 Å². The van der Waals surface area contributed by atoms with Crippen molar-refractivity contribution in [2.24, 2.45) is 0 Å². The second-order valence-corrected chi connectivity index (χ2v) is 7.73. The number of nitrogens with zero attached hydrogens (tertiary/aromatic N) is 1. The quantitative estimate of drug-likeness (QED) is 0.830. The molecule has 6 heteroatoms. The molecule has 0 saturated heterocycles. The van der Waals surface area contributed by atoms with E-state index in [9.17, 15) is 0 Å². The number of thiazole rings is 1. The second kappa shape index (κ2) is 6.01. The fourth-order valence-electron chi connectivity index (χ4n) is 1.64. The molecule has 2 nitrogen and oxygen atoms in total. The van der Waals surface area contributed by atoms with E-state index in [-0.39, 0.29) is 6.04 Å². The van der Waals surface area contributed by atoms with Gasteiger partial charge in [0.15, 0.2) is 0 Å². The van der Waals surface area contributed by atoms with Crippen molar-refractivity contribution in [3.63, 3.8) is 0 Å². The molecule has 0 radical (unpaired) electrons. The minimum atomic E-state index is 0.140. The highest BCUT2D eigenvalue weighted by molar-refractivity contribution is 9.10. The van der Waals surface area contributed by atoms with Crippen molar-refractivity contribution in [2.75, 3.05) is 6.54 Å². The fraction of sp³-hybridized carbons (Fsp3) is 0.417. The molecule has 2 rings (SSSR count). The lowest BCUT2D eigenvalue weighted by Crippen LogP contribution is -2.20. The Morgan fingerprint density at radius 3 is 2.61 bits per heavy atom. The van der Waals surface area contributed by atoms with Crippen LogP contribution < -0.4 is 5.32 Å². The molecule has 0 amide bonds. The Morgan fingerprint density at radius 2 is 2.17 bits per heavy atom. The lowest BCUT2D eigenvalue weighted by molar-refractivity contribution is 0.635. The van der Waals surface area contributed by atoms with Crippen molar-refractivity contribution >= 4 is 50.2 Å². The molecule has 18 heavy (non-hydrogen) atoms. The van der Waals surface area contributed by atoms with Crippen LogP contribution in [-0.2, 0) is 0 Å². The van der Waals surface area contributed by atoms with Gasteiger partial charge in [-0.05, 0) is 42.4 Å². The van der Waals surface area contributed by atoms with Crippen molar-refractivity contribution in [1.29, 1.82) is 0 Å². The summed E-state index contributed by atoms with van der Waals surface area (Å²) in [6.45, 7) is 7.16. The normalized spacial score (nSPS) is 12.9. The van der Waals surface area contributed by atoms with Gasteiger partial charge in [-0.2, -0.15) is 0 Å². The number of aromatic nitrogens is 1. The predicted octanol–water partition coefficient (Wildman–Crippen LogP) is 4.94. The van der Waals surface area contributed by atoms with Crippen LogP contribution in [0, 0.1) is 13.8 Å². The van der Waals surface area contributed by atoms with Gasteiger partial charge in [-0.1, -0.05) is 18.5 Å². The van der Waals surface area contributed by atoms with E-state index in [0.717, 1.165) is 26.1 Å². The molecule has 0 bridgehead atoms. The maximum Gasteiger partial charge on any atom is 0.115 e. The van der Waals surface area contributed by atoms with E-state index >= 15 is 0 Å². The average Bonchev–Trinajstić information content (AvgIpc) is 2.81. The SMILES string of the molecule is CCNC(c1cc(Br)c(Cl)s1)c1nc(C)c(C)s1. The second-order valence-electron chi connectivity index (χ2n) is 3.95. The van der Waals surface area contributed by atoms with Crippen molar-refractivity contribution < 1.29 is 0 Å². The smallest absolute Gasteiger partial charge is 0.115 e. The van der Waals surface area contributed by atoms with Gasteiger partial charge in [-0.3, -0.25) is 0 Å². The van der Waals surface area contributed by atoms with Crippen molar-refractivity contribution in [2.45, 2.75) is 26.8 Å². The van der Waals surface area contributed by atoms with E-state index in [1.165, 1.54) is 9.75 Å². The topological polar surface area (TPSA) is 24.9 Å². The maximum absolute atomic E-state index is 6.12. The van der Waals surface area contributed by atoms with Gasteiger partial charge in [0.25, 0.3) is 0 Å². The first-order valence-corrected chi connectivity index (χ1v) is 8.45. The summed E-state index contributed by atoms with van der Waals surface area (Å²) in [6.07, 6.45) is 0. The van der Waals surface area contributed by atoms with E-state index < -0.39 is 0 Å². The Kier molecular flexibility index (Phi) is 4.83. The molecule has 1 unspecified atom stereocenters. The van der Waals surface area contributed by atoms with E-state index in [1.807, 2.05) is 0 Å². The number of nitrogens with one attached hydrogen (secondary N) is 1. The van der Waals surface area contributed by atoms with Crippen LogP contribution in [0.5, 0.6) is 0 Å². The third kappa shape index (κ3) is 2.96. The van der Waals surface area contributed by atoms with Crippen molar-refractivity contribution in [3.05, 3.63) is 35.3 Å². The van der Waals surface area contributed by atoms with Crippen molar-refractivity contribution in [3.8, 4) is 0 Å². The van der Waals surface area contributed by atoms with Crippen LogP contribution >= 0.6 is 50.2 Å². The first-order chi connectivity index (χ1) is 8.52. The van der Waals surface area contributed by atoms with Crippen LogP contribution in [-0.4, -0.2) is 11.5 Å². The first-order valence-electron chi connectivity index (χ1n) is 5.65. The summed E-state index contributed by atoms with van der Waals surface area (Å²) in [7, 11) is 0. The van der Waals surface area contributed by atoms with Gasteiger partial charge in [0.05, 0.1) is 11.7 Å². The van der Waals surface area contributed by atoms with Gasteiger partial charge in [0.1, 0.15) is 9.34 Å². The largest absolute Gasteiger partial charge is 0.304 e. The van der Waals surface area contributed by atoms with E-state index in [2.05, 4.69) is 53.1 Å². The van der Waals surface area contributed by atoms with E-state index in [1.54, 1.807) is 22.7 Å². The molecule has 0 fully saturated rings. The lowest BCUT2D eigenvalue weighted by atomic mass is 10.2. The molecule has 0 aliphatic rings. The number of thiophene rings is 1. The maximum atomic E-state index is 6.12. The van der Waals surface area contributed by atoms with Crippen LogP contribution in [0.4, 0.5) is 0 Å². The highest BCUT2D eigenvalue weighted by atomic mass is 79.9. The zero-order valence-electron chi connectivity index (χ0n) is 10.4. The molecule has 2 aromatic heterocycles. The van der Waals surface area contributed by atoms with Gasteiger partial charge in [0, 0.05) is 14.2 Å². The van der Waals surface area contributed by atoms with Crippen LogP contribution in [0.2, 0.25) is 4.34 Å².